The number of ether oxygens (including phenoxy) is 1. The number of carbonyl (C=O) groups is 2. The summed E-state index contributed by atoms with van der Waals surface area (Å²) < 4.78 is 4.42. The summed E-state index contributed by atoms with van der Waals surface area (Å²) >= 11 is 0. The summed E-state index contributed by atoms with van der Waals surface area (Å²) in [5.74, 6) is 2.92. The molecule has 0 aliphatic rings. The minimum atomic E-state index is -0.660. The molecule has 0 bridgehead atoms. The van der Waals surface area contributed by atoms with Gasteiger partial charge in [-0.15, -0.1) is 0 Å². The molecule has 2 amide bonds. The van der Waals surface area contributed by atoms with Crippen molar-refractivity contribution in [2.75, 3.05) is 7.11 Å². The lowest BCUT2D eigenvalue weighted by molar-refractivity contribution is -0.428. The topological polar surface area (TPSA) is 95.1 Å². The fourth-order valence-electron chi connectivity index (χ4n) is 0.954. The van der Waals surface area contributed by atoms with Crippen molar-refractivity contribution in [3.63, 3.8) is 0 Å². The van der Waals surface area contributed by atoms with Gasteiger partial charge in [0.05, 0.1) is 7.11 Å². The van der Waals surface area contributed by atoms with E-state index in [2.05, 4.69) is 21.3 Å². The Hall–Kier alpha value is -1.30. The normalized spacial score (nSPS) is 12.9. The fraction of sp³-hybridized carbons (Fsp3) is 0.750. The lowest BCUT2D eigenvalue weighted by atomic mass is 9.86. The molecule has 14 heavy (non-hydrogen) atoms. The third kappa shape index (κ3) is 3.61. The first-order valence-electron chi connectivity index (χ1n) is 4.24. The third-order valence-electron chi connectivity index (χ3n) is 1.75. The van der Waals surface area contributed by atoms with Crippen LogP contribution in [0, 0.1) is 5.41 Å². The molecule has 0 aromatic rings. The van der Waals surface area contributed by atoms with E-state index in [1.54, 1.807) is 0 Å². The van der Waals surface area contributed by atoms with Crippen LogP contribution in [-0.4, -0.2) is 25.2 Å². The Morgan fingerprint density at radius 3 is 2.14 bits per heavy atom. The van der Waals surface area contributed by atoms with Crippen LogP contribution in [0.2, 0.25) is 0 Å². The van der Waals surface area contributed by atoms with Crippen LogP contribution in [0.15, 0.2) is 0 Å². The predicted octanol–water partition coefficient (Wildman–Crippen LogP) is -0.970. The molecule has 0 aliphatic heterocycles. The second-order valence-corrected chi connectivity index (χ2v) is 3.98. The van der Waals surface area contributed by atoms with E-state index in [4.69, 9.17) is 0 Å². The van der Waals surface area contributed by atoms with E-state index in [0.717, 1.165) is 0 Å². The number of hydrogen-bond acceptors (Lipinski definition) is 3. The van der Waals surface area contributed by atoms with Gasteiger partial charge in [-0.05, 0) is 5.41 Å². The van der Waals surface area contributed by atoms with Gasteiger partial charge in [0.15, 0.2) is 0 Å². The van der Waals surface area contributed by atoms with Gasteiger partial charge in [-0.1, -0.05) is 20.8 Å². The molecule has 0 saturated heterocycles. The van der Waals surface area contributed by atoms with Crippen LogP contribution >= 0.6 is 0 Å². The molecule has 0 saturated carbocycles. The minimum Gasteiger partial charge on any atom is -0.453 e. The number of carbonyl (C=O) groups excluding carboxylic acids is 2. The Bertz CT molecular complexity index is 222. The molecular weight excluding hydrogens is 186 g/mol. The van der Waals surface area contributed by atoms with Crippen LogP contribution in [0.1, 0.15) is 20.8 Å². The van der Waals surface area contributed by atoms with Crippen LogP contribution in [-0.2, 0) is 9.53 Å². The SMILES string of the molecule is COC(=O)N[C@H](C(=O)N[NH3+])C(C)(C)C. The standard InChI is InChI=1S/C8H17N3O3/c1-8(2,3)5(6(12)11-9)10-7(13)14-4/h5H,9H2,1-4H3,(H,10,13)(H,11,12)/p+1/t5-/m1/s1. The van der Waals surface area contributed by atoms with Gasteiger partial charge < -0.3 is 10.1 Å². The zero-order chi connectivity index (χ0) is 11.4. The van der Waals surface area contributed by atoms with Gasteiger partial charge in [0.25, 0.3) is 5.91 Å². The number of methoxy groups -OCH3 is 1. The number of quaternary nitrogens is 1. The van der Waals surface area contributed by atoms with Gasteiger partial charge >= 0.3 is 6.09 Å². The molecule has 0 fully saturated rings. The quantitative estimate of drug-likeness (QED) is 0.505. The Morgan fingerprint density at radius 2 is 1.86 bits per heavy atom. The molecule has 1 atom stereocenters. The summed E-state index contributed by atoms with van der Waals surface area (Å²) in [5, 5.41) is 2.44. The van der Waals surface area contributed by atoms with Gasteiger partial charge in [0.2, 0.25) is 0 Å². The molecular formula is C8H18N3O3+. The Kier molecular flexibility index (Phi) is 4.36. The van der Waals surface area contributed by atoms with E-state index in [0.29, 0.717) is 0 Å². The van der Waals surface area contributed by atoms with Gasteiger partial charge in [0, 0.05) is 0 Å². The third-order valence-corrected chi connectivity index (χ3v) is 1.75. The molecule has 0 aliphatic carbocycles. The summed E-state index contributed by atoms with van der Waals surface area (Å²) in [6.45, 7) is 5.51. The van der Waals surface area contributed by atoms with Crippen molar-refractivity contribution in [2.24, 2.45) is 5.41 Å². The van der Waals surface area contributed by atoms with Crippen molar-refractivity contribution >= 4 is 12.0 Å². The number of rotatable bonds is 2. The van der Waals surface area contributed by atoms with E-state index in [1.807, 2.05) is 20.8 Å². The first-order valence-corrected chi connectivity index (χ1v) is 4.24. The summed E-state index contributed by atoms with van der Waals surface area (Å²) in [5.41, 5.74) is 1.85. The summed E-state index contributed by atoms with van der Waals surface area (Å²) in [6, 6.07) is -0.660. The Labute approximate surface area is 83.1 Å². The first-order chi connectivity index (χ1) is 6.32. The zero-order valence-electron chi connectivity index (χ0n) is 9.01. The van der Waals surface area contributed by atoms with Gasteiger partial charge in [-0.25, -0.2) is 10.2 Å². The largest absolute Gasteiger partial charge is 0.453 e. The highest BCUT2D eigenvalue weighted by Crippen LogP contribution is 2.19. The zero-order valence-corrected chi connectivity index (χ0v) is 9.01. The van der Waals surface area contributed by atoms with Crippen molar-refractivity contribution in [1.82, 2.24) is 10.7 Å². The smallest absolute Gasteiger partial charge is 0.407 e. The van der Waals surface area contributed by atoms with E-state index in [-0.39, 0.29) is 5.91 Å². The molecule has 0 heterocycles. The monoisotopic (exact) mass is 204 g/mol. The highest BCUT2D eigenvalue weighted by Gasteiger charge is 2.33. The maximum absolute atomic E-state index is 11.4. The Morgan fingerprint density at radius 1 is 1.36 bits per heavy atom. The summed E-state index contributed by atoms with van der Waals surface area (Å²) in [4.78, 5) is 22.3. The van der Waals surface area contributed by atoms with E-state index in [9.17, 15) is 9.59 Å². The lowest BCUT2D eigenvalue weighted by Gasteiger charge is -2.28. The predicted molar refractivity (Wildman–Crippen MR) is 49.8 cm³/mol. The van der Waals surface area contributed by atoms with Crippen LogP contribution in [0.25, 0.3) is 0 Å². The highest BCUT2D eigenvalue weighted by atomic mass is 16.5. The second kappa shape index (κ2) is 4.80. The maximum Gasteiger partial charge on any atom is 0.407 e. The van der Waals surface area contributed by atoms with Crippen LogP contribution < -0.4 is 16.6 Å². The van der Waals surface area contributed by atoms with Crippen molar-refractivity contribution < 1.29 is 20.2 Å². The molecule has 6 heteroatoms. The molecule has 0 spiro atoms. The number of amides is 2. The van der Waals surface area contributed by atoms with Crippen LogP contribution in [0.4, 0.5) is 4.79 Å². The highest BCUT2D eigenvalue weighted by molar-refractivity contribution is 5.85. The number of nitrogens with one attached hydrogen (secondary N) is 2. The number of hydrogen-bond donors (Lipinski definition) is 3. The molecule has 82 valence electrons. The van der Waals surface area contributed by atoms with Crippen molar-refractivity contribution in [3.05, 3.63) is 0 Å². The molecule has 0 unspecified atom stereocenters. The average Bonchev–Trinajstić information content (AvgIpc) is 2.10. The minimum absolute atomic E-state index is 0.345. The van der Waals surface area contributed by atoms with E-state index >= 15 is 0 Å². The van der Waals surface area contributed by atoms with E-state index < -0.39 is 17.6 Å². The van der Waals surface area contributed by atoms with Crippen molar-refractivity contribution in [1.29, 1.82) is 0 Å². The molecule has 0 rings (SSSR count). The average molecular weight is 204 g/mol. The fourth-order valence-corrected chi connectivity index (χ4v) is 0.954. The maximum atomic E-state index is 11.4. The molecule has 0 aromatic carbocycles. The lowest BCUT2D eigenvalue weighted by Crippen LogP contribution is -2.72. The van der Waals surface area contributed by atoms with E-state index in [1.165, 1.54) is 7.11 Å². The van der Waals surface area contributed by atoms with Crippen LogP contribution in [0.5, 0.6) is 0 Å². The van der Waals surface area contributed by atoms with Crippen molar-refractivity contribution in [3.8, 4) is 0 Å². The summed E-state index contributed by atoms with van der Waals surface area (Å²) in [6.07, 6.45) is -0.631. The van der Waals surface area contributed by atoms with Crippen LogP contribution in [0.3, 0.4) is 0 Å². The van der Waals surface area contributed by atoms with Gasteiger partial charge in [0.1, 0.15) is 6.04 Å². The molecule has 6 nitrogen and oxygen atoms in total. The Balaban J connectivity index is 4.58. The summed E-state index contributed by atoms with van der Waals surface area (Å²) in [7, 11) is 1.25. The molecule has 0 aromatic heterocycles. The second-order valence-electron chi connectivity index (χ2n) is 3.98. The number of alkyl carbamates (subject to hydrolysis) is 1. The molecule has 0 radical (unpaired) electrons. The van der Waals surface area contributed by atoms with Gasteiger partial charge in [-0.2, -0.15) is 0 Å². The first kappa shape index (κ1) is 12.7. The van der Waals surface area contributed by atoms with Gasteiger partial charge in [-0.3, -0.25) is 10.6 Å². The van der Waals surface area contributed by atoms with Crippen molar-refractivity contribution in [2.45, 2.75) is 26.8 Å². The molecule has 5 N–H and O–H groups in total.